The molecule has 0 unspecified atom stereocenters. The van der Waals surface area contributed by atoms with Gasteiger partial charge in [-0.2, -0.15) is 0 Å². The number of piperazine rings is 1. The smallest absolute Gasteiger partial charge is 0.283 e. The number of nitrogens with zero attached hydrogens (tertiary/aromatic N) is 2. The lowest BCUT2D eigenvalue weighted by molar-refractivity contribution is -0.385. The van der Waals surface area contributed by atoms with Crippen molar-refractivity contribution in [1.82, 2.24) is 10.2 Å². The van der Waals surface area contributed by atoms with E-state index in [1.165, 1.54) is 0 Å². The van der Waals surface area contributed by atoms with Crippen LogP contribution in [0, 0.1) is 10.1 Å². The molecule has 6 heteroatoms. The van der Waals surface area contributed by atoms with E-state index < -0.39 is 0 Å². The van der Waals surface area contributed by atoms with Crippen molar-refractivity contribution in [3.05, 3.63) is 38.3 Å². The van der Waals surface area contributed by atoms with Gasteiger partial charge in [0, 0.05) is 38.3 Å². The summed E-state index contributed by atoms with van der Waals surface area (Å²) in [7, 11) is 0. The zero-order chi connectivity index (χ0) is 15.2. The monoisotopic (exact) mass is 355 g/mol. The summed E-state index contributed by atoms with van der Waals surface area (Å²) in [4.78, 5) is 13.3. The molecule has 0 aliphatic carbocycles. The van der Waals surface area contributed by atoms with Gasteiger partial charge in [0.15, 0.2) is 0 Å². The fraction of sp³-hybridized carbons (Fsp3) is 0.600. The lowest BCUT2D eigenvalue weighted by Crippen LogP contribution is -2.45. The molecule has 1 aromatic rings. The van der Waals surface area contributed by atoms with Crippen LogP contribution in [0.25, 0.3) is 0 Å². The molecule has 116 valence electrons. The highest BCUT2D eigenvalue weighted by molar-refractivity contribution is 9.10. The largest absolute Gasteiger partial charge is 0.314 e. The topological polar surface area (TPSA) is 58.4 Å². The molecule has 0 radical (unpaired) electrons. The molecule has 1 atom stereocenters. The van der Waals surface area contributed by atoms with Gasteiger partial charge >= 0.3 is 0 Å². The van der Waals surface area contributed by atoms with Gasteiger partial charge < -0.3 is 5.32 Å². The van der Waals surface area contributed by atoms with E-state index in [9.17, 15) is 10.1 Å². The Morgan fingerprint density at radius 2 is 2.14 bits per heavy atom. The first-order valence-electron chi connectivity index (χ1n) is 7.52. The molecule has 0 spiro atoms. The van der Waals surface area contributed by atoms with Gasteiger partial charge in [-0.1, -0.05) is 25.8 Å². The summed E-state index contributed by atoms with van der Waals surface area (Å²) >= 11 is 3.26. The molecule has 21 heavy (non-hydrogen) atoms. The predicted molar refractivity (Wildman–Crippen MR) is 87.5 cm³/mol. The van der Waals surface area contributed by atoms with E-state index in [4.69, 9.17) is 0 Å². The number of nitro groups is 1. The van der Waals surface area contributed by atoms with Crippen LogP contribution in [0.3, 0.4) is 0 Å². The van der Waals surface area contributed by atoms with E-state index >= 15 is 0 Å². The molecular weight excluding hydrogens is 334 g/mol. The molecule has 1 fully saturated rings. The average Bonchev–Trinajstić information content (AvgIpc) is 2.50. The SMILES string of the molecule is CCCC[C@H](c1ccc(Br)c([N+](=O)[O-])c1)N1CCNCC1. The van der Waals surface area contributed by atoms with Crippen molar-refractivity contribution in [2.75, 3.05) is 26.2 Å². The molecule has 0 amide bonds. The Balaban J connectivity index is 2.26. The number of hydrogen-bond donors (Lipinski definition) is 1. The first-order chi connectivity index (χ1) is 10.1. The third-order valence-electron chi connectivity index (χ3n) is 3.98. The van der Waals surface area contributed by atoms with Gasteiger partial charge in [0.2, 0.25) is 0 Å². The van der Waals surface area contributed by atoms with E-state index in [0.717, 1.165) is 51.0 Å². The van der Waals surface area contributed by atoms with E-state index in [1.54, 1.807) is 12.1 Å². The number of unbranched alkanes of at least 4 members (excludes halogenated alkanes) is 1. The molecule has 1 saturated heterocycles. The number of hydrogen-bond acceptors (Lipinski definition) is 4. The summed E-state index contributed by atoms with van der Waals surface area (Å²) in [5.41, 5.74) is 1.21. The second kappa shape index (κ2) is 7.87. The minimum atomic E-state index is -0.317. The van der Waals surface area contributed by atoms with Crippen molar-refractivity contribution >= 4 is 21.6 Å². The van der Waals surface area contributed by atoms with Crippen LogP contribution in [-0.2, 0) is 0 Å². The fourth-order valence-electron chi connectivity index (χ4n) is 2.83. The molecular formula is C15H22BrN3O2. The highest BCUT2D eigenvalue weighted by Crippen LogP contribution is 2.33. The van der Waals surface area contributed by atoms with Crippen LogP contribution in [0.2, 0.25) is 0 Å². The minimum absolute atomic E-state index is 0.157. The summed E-state index contributed by atoms with van der Waals surface area (Å²) in [5, 5.41) is 14.5. The van der Waals surface area contributed by atoms with Crippen molar-refractivity contribution in [3.8, 4) is 0 Å². The van der Waals surface area contributed by atoms with Gasteiger partial charge in [-0.15, -0.1) is 0 Å². The van der Waals surface area contributed by atoms with E-state index in [1.807, 2.05) is 6.07 Å². The Morgan fingerprint density at radius 3 is 2.76 bits per heavy atom. The maximum atomic E-state index is 11.1. The molecule has 0 bridgehead atoms. The van der Waals surface area contributed by atoms with Gasteiger partial charge in [-0.3, -0.25) is 15.0 Å². The highest BCUT2D eigenvalue weighted by atomic mass is 79.9. The normalized spacial score (nSPS) is 17.6. The average molecular weight is 356 g/mol. The summed E-state index contributed by atoms with van der Waals surface area (Å²) < 4.78 is 0.547. The van der Waals surface area contributed by atoms with Crippen LogP contribution in [-0.4, -0.2) is 36.0 Å². The van der Waals surface area contributed by atoms with Gasteiger partial charge in [-0.25, -0.2) is 0 Å². The van der Waals surface area contributed by atoms with Crippen LogP contribution in [0.5, 0.6) is 0 Å². The van der Waals surface area contributed by atoms with Gasteiger partial charge in [-0.05, 0) is 34.0 Å². The van der Waals surface area contributed by atoms with Gasteiger partial charge in [0.05, 0.1) is 9.40 Å². The predicted octanol–water partition coefficient (Wildman–Crippen LogP) is 3.49. The van der Waals surface area contributed by atoms with Crippen LogP contribution in [0.1, 0.15) is 37.8 Å². The third-order valence-corrected chi connectivity index (χ3v) is 4.65. The summed E-state index contributed by atoms with van der Waals surface area (Å²) in [6.45, 7) is 6.15. The summed E-state index contributed by atoms with van der Waals surface area (Å²) in [6.07, 6.45) is 3.33. The lowest BCUT2D eigenvalue weighted by atomic mass is 9.98. The van der Waals surface area contributed by atoms with Gasteiger partial charge in [0.1, 0.15) is 0 Å². The second-order valence-electron chi connectivity index (χ2n) is 5.41. The number of nitrogens with one attached hydrogen (secondary N) is 1. The summed E-state index contributed by atoms with van der Waals surface area (Å²) in [5.74, 6) is 0. The number of halogens is 1. The molecule has 1 aromatic carbocycles. The molecule has 1 N–H and O–H groups in total. The zero-order valence-corrected chi connectivity index (χ0v) is 13.9. The van der Waals surface area contributed by atoms with Crippen molar-refractivity contribution in [2.45, 2.75) is 32.2 Å². The Labute approximate surface area is 134 Å². The van der Waals surface area contributed by atoms with E-state index in [0.29, 0.717) is 4.47 Å². The van der Waals surface area contributed by atoms with Crippen molar-refractivity contribution in [1.29, 1.82) is 0 Å². The first kappa shape index (κ1) is 16.4. The number of rotatable bonds is 6. The van der Waals surface area contributed by atoms with Crippen LogP contribution >= 0.6 is 15.9 Å². The number of nitro benzene ring substituents is 1. The van der Waals surface area contributed by atoms with Gasteiger partial charge in [0.25, 0.3) is 5.69 Å². The lowest BCUT2D eigenvalue weighted by Gasteiger charge is -2.35. The molecule has 1 aliphatic heterocycles. The molecule has 1 heterocycles. The van der Waals surface area contributed by atoms with Crippen molar-refractivity contribution < 1.29 is 4.92 Å². The number of benzene rings is 1. The Hall–Kier alpha value is -0.980. The standard InChI is InChI=1S/C15H22BrN3O2/c1-2-3-4-14(18-9-7-17-8-10-18)12-5-6-13(16)15(11-12)19(20)21/h5-6,11,14,17H,2-4,7-10H2,1H3/t14-/m1/s1. The second-order valence-corrected chi connectivity index (χ2v) is 6.27. The van der Waals surface area contributed by atoms with Crippen molar-refractivity contribution in [2.24, 2.45) is 0 Å². The molecule has 2 rings (SSSR count). The fourth-order valence-corrected chi connectivity index (χ4v) is 3.22. The Kier molecular flexibility index (Phi) is 6.14. The van der Waals surface area contributed by atoms with E-state index in [2.05, 4.69) is 33.1 Å². The third kappa shape index (κ3) is 4.25. The molecule has 0 aromatic heterocycles. The van der Waals surface area contributed by atoms with Crippen LogP contribution in [0.4, 0.5) is 5.69 Å². The maximum absolute atomic E-state index is 11.1. The summed E-state index contributed by atoms with van der Waals surface area (Å²) in [6, 6.07) is 5.82. The maximum Gasteiger partial charge on any atom is 0.283 e. The molecule has 0 saturated carbocycles. The van der Waals surface area contributed by atoms with Crippen LogP contribution < -0.4 is 5.32 Å². The quantitative estimate of drug-likeness (QED) is 0.626. The van der Waals surface area contributed by atoms with E-state index in [-0.39, 0.29) is 16.7 Å². The highest BCUT2D eigenvalue weighted by Gasteiger charge is 2.24. The molecule has 5 nitrogen and oxygen atoms in total. The Bertz CT molecular complexity index is 490. The zero-order valence-electron chi connectivity index (χ0n) is 12.3. The minimum Gasteiger partial charge on any atom is -0.314 e. The Morgan fingerprint density at radius 1 is 1.43 bits per heavy atom. The first-order valence-corrected chi connectivity index (χ1v) is 8.31. The van der Waals surface area contributed by atoms with Crippen LogP contribution in [0.15, 0.2) is 22.7 Å². The molecule has 1 aliphatic rings. The van der Waals surface area contributed by atoms with Crippen molar-refractivity contribution in [3.63, 3.8) is 0 Å².